The van der Waals surface area contributed by atoms with Gasteiger partial charge in [-0.05, 0) is 36.6 Å². The molecule has 6 nitrogen and oxygen atoms in total. The molecule has 3 aromatic rings. The van der Waals surface area contributed by atoms with Crippen LogP contribution in [0.1, 0.15) is 11.1 Å². The van der Waals surface area contributed by atoms with E-state index in [-0.39, 0.29) is 0 Å². The Bertz CT molecular complexity index is 785. The number of aromatic nitrogens is 4. The number of aryl methyl sites for hydroxylation is 1. The number of methoxy groups -OCH3 is 1. The second kappa shape index (κ2) is 6.34. The largest absolute Gasteiger partial charge is 0.497 e. The highest BCUT2D eigenvalue weighted by Crippen LogP contribution is 2.18. The average Bonchev–Trinajstić information content (AvgIpc) is 2.56. The Hall–Kier alpha value is -2.76. The quantitative estimate of drug-likeness (QED) is 0.779. The van der Waals surface area contributed by atoms with Crippen LogP contribution in [0.15, 0.2) is 36.9 Å². The minimum absolute atomic E-state index is 0.598. The summed E-state index contributed by atoms with van der Waals surface area (Å²) in [6.07, 6.45) is 5.66. The Morgan fingerprint density at radius 1 is 1.09 bits per heavy atom. The Morgan fingerprint density at radius 3 is 2.77 bits per heavy atom. The molecule has 0 aliphatic rings. The molecule has 0 unspecified atom stereocenters. The molecule has 0 atom stereocenters. The Morgan fingerprint density at radius 2 is 1.95 bits per heavy atom. The molecule has 2 heterocycles. The van der Waals surface area contributed by atoms with E-state index in [4.69, 9.17) is 4.74 Å². The summed E-state index contributed by atoms with van der Waals surface area (Å²) >= 11 is 0. The van der Waals surface area contributed by atoms with Gasteiger partial charge in [0.2, 0.25) is 0 Å². The van der Waals surface area contributed by atoms with E-state index >= 15 is 0 Å². The molecule has 0 aliphatic heterocycles. The van der Waals surface area contributed by atoms with E-state index in [1.54, 1.807) is 19.5 Å². The highest BCUT2D eigenvalue weighted by Gasteiger charge is 2.05. The van der Waals surface area contributed by atoms with Crippen molar-refractivity contribution in [2.45, 2.75) is 13.3 Å². The van der Waals surface area contributed by atoms with Crippen LogP contribution < -0.4 is 10.1 Å². The monoisotopic (exact) mass is 295 g/mol. The summed E-state index contributed by atoms with van der Waals surface area (Å²) in [5.41, 5.74) is 3.78. The third-order valence-corrected chi connectivity index (χ3v) is 3.51. The molecule has 22 heavy (non-hydrogen) atoms. The molecule has 0 spiro atoms. The van der Waals surface area contributed by atoms with Crippen molar-refractivity contribution in [3.05, 3.63) is 48.0 Å². The van der Waals surface area contributed by atoms with Gasteiger partial charge in [-0.25, -0.2) is 19.9 Å². The Balaban J connectivity index is 1.70. The van der Waals surface area contributed by atoms with E-state index in [1.165, 1.54) is 17.5 Å². The second-order valence-electron chi connectivity index (χ2n) is 4.92. The maximum atomic E-state index is 5.22. The number of rotatable bonds is 5. The number of hydrogen-bond donors (Lipinski definition) is 1. The van der Waals surface area contributed by atoms with Gasteiger partial charge >= 0.3 is 0 Å². The number of nitrogens with zero attached hydrogens (tertiary/aromatic N) is 4. The van der Waals surface area contributed by atoms with Crippen LogP contribution in [0.5, 0.6) is 5.75 Å². The number of fused-ring (bicyclic) bond motifs is 1. The molecule has 0 saturated carbocycles. The average molecular weight is 295 g/mol. The minimum atomic E-state index is 0.598. The Labute approximate surface area is 128 Å². The molecular weight excluding hydrogens is 278 g/mol. The first-order valence-corrected chi connectivity index (χ1v) is 7.07. The van der Waals surface area contributed by atoms with Crippen LogP contribution in [-0.4, -0.2) is 33.6 Å². The van der Waals surface area contributed by atoms with Gasteiger partial charge in [-0.15, -0.1) is 0 Å². The van der Waals surface area contributed by atoms with Crippen LogP contribution >= 0.6 is 0 Å². The highest BCUT2D eigenvalue weighted by molar-refractivity contribution is 5.81. The molecule has 2 aromatic heterocycles. The minimum Gasteiger partial charge on any atom is -0.497 e. The number of benzene rings is 1. The van der Waals surface area contributed by atoms with Crippen LogP contribution in [0, 0.1) is 6.92 Å². The van der Waals surface area contributed by atoms with Crippen LogP contribution in [0.25, 0.3) is 11.2 Å². The first-order valence-electron chi connectivity index (χ1n) is 7.07. The van der Waals surface area contributed by atoms with Crippen LogP contribution in [-0.2, 0) is 6.42 Å². The number of anilines is 1. The fourth-order valence-electron chi connectivity index (χ4n) is 2.32. The van der Waals surface area contributed by atoms with Crippen molar-refractivity contribution >= 4 is 17.0 Å². The van der Waals surface area contributed by atoms with Gasteiger partial charge < -0.3 is 10.1 Å². The SMILES string of the molecule is COc1ccc(CCNc2ncnc3nccnc23)c(C)c1. The standard InChI is InChI=1S/C16H17N5O/c1-11-9-13(22-2)4-3-12(11)5-6-18-15-14-16(21-10-20-15)19-8-7-17-14/h3-4,7-10H,5-6H2,1-2H3,(H,18,19,20,21). The van der Waals surface area contributed by atoms with E-state index < -0.39 is 0 Å². The summed E-state index contributed by atoms with van der Waals surface area (Å²) in [6.45, 7) is 2.85. The third kappa shape index (κ3) is 2.95. The van der Waals surface area contributed by atoms with Gasteiger partial charge in [-0.1, -0.05) is 6.07 Å². The summed E-state index contributed by atoms with van der Waals surface area (Å²) in [6, 6.07) is 6.11. The predicted molar refractivity (Wildman–Crippen MR) is 85.1 cm³/mol. The predicted octanol–water partition coefficient (Wildman–Crippen LogP) is 2.39. The van der Waals surface area contributed by atoms with Crippen molar-refractivity contribution in [1.82, 2.24) is 19.9 Å². The van der Waals surface area contributed by atoms with Crippen molar-refractivity contribution in [2.24, 2.45) is 0 Å². The summed E-state index contributed by atoms with van der Waals surface area (Å²) in [4.78, 5) is 16.8. The van der Waals surface area contributed by atoms with Crippen molar-refractivity contribution in [1.29, 1.82) is 0 Å². The van der Waals surface area contributed by atoms with E-state index in [9.17, 15) is 0 Å². The van der Waals surface area contributed by atoms with Crippen LogP contribution in [0.4, 0.5) is 5.82 Å². The molecule has 0 amide bonds. The lowest BCUT2D eigenvalue weighted by atomic mass is 10.1. The van der Waals surface area contributed by atoms with E-state index in [0.717, 1.165) is 18.7 Å². The molecule has 112 valence electrons. The summed E-state index contributed by atoms with van der Waals surface area (Å²) in [5.74, 6) is 1.59. The summed E-state index contributed by atoms with van der Waals surface area (Å²) in [7, 11) is 1.68. The normalized spacial score (nSPS) is 10.6. The summed E-state index contributed by atoms with van der Waals surface area (Å²) < 4.78 is 5.22. The molecule has 1 aromatic carbocycles. The van der Waals surface area contributed by atoms with Crippen LogP contribution in [0.2, 0.25) is 0 Å². The molecule has 0 radical (unpaired) electrons. The summed E-state index contributed by atoms with van der Waals surface area (Å²) in [5, 5.41) is 3.31. The molecule has 1 N–H and O–H groups in total. The van der Waals surface area contributed by atoms with E-state index in [0.29, 0.717) is 17.0 Å². The molecule has 6 heteroatoms. The molecule has 0 saturated heterocycles. The van der Waals surface area contributed by atoms with Crippen molar-refractivity contribution in [2.75, 3.05) is 19.0 Å². The number of hydrogen-bond acceptors (Lipinski definition) is 6. The lowest BCUT2D eigenvalue weighted by molar-refractivity contribution is 0.414. The van der Waals surface area contributed by atoms with Crippen LogP contribution in [0.3, 0.4) is 0 Å². The third-order valence-electron chi connectivity index (χ3n) is 3.51. The molecular formula is C16H17N5O. The first kappa shape index (κ1) is 14.2. The molecule has 0 fully saturated rings. The maximum Gasteiger partial charge on any atom is 0.183 e. The Kier molecular flexibility index (Phi) is 4.09. The van der Waals surface area contributed by atoms with Gasteiger partial charge in [0.15, 0.2) is 11.5 Å². The van der Waals surface area contributed by atoms with E-state index in [2.05, 4.69) is 38.2 Å². The maximum absolute atomic E-state index is 5.22. The fraction of sp³-hybridized carbons (Fsp3) is 0.250. The van der Waals surface area contributed by atoms with Gasteiger partial charge in [0.1, 0.15) is 17.6 Å². The van der Waals surface area contributed by atoms with Crippen molar-refractivity contribution in [3.63, 3.8) is 0 Å². The first-order chi connectivity index (χ1) is 10.8. The highest BCUT2D eigenvalue weighted by atomic mass is 16.5. The second-order valence-corrected chi connectivity index (χ2v) is 4.92. The zero-order valence-electron chi connectivity index (χ0n) is 12.6. The van der Waals surface area contributed by atoms with Gasteiger partial charge in [0.25, 0.3) is 0 Å². The lowest BCUT2D eigenvalue weighted by Crippen LogP contribution is -2.08. The lowest BCUT2D eigenvalue weighted by Gasteiger charge is -2.10. The van der Waals surface area contributed by atoms with Gasteiger partial charge in [0.05, 0.1) is 7.11 Å². The number of ether oxygens (including phenoxy) is 1. The van der Waals surface area contributed by atoms with Gasteiger partial charge in [0, 0.05) is 18.9 Å². The van der Waals surface area contributed by atoms with Crippen molar-refractivity contribution in [3.8, 4) is 5.75 Å². The smallest absolute Gasteiger partial charge is 0.183 e. The van der Waals surface area contributed by atoms with E-state index in [1.807, 2.05) is 12.1 Å². The topological polar surface area (TPSA) is 72.8 Å². The molecule has 0 aliphatic carbocycles. The number of nitrogens with one attached hydrogen (secondary N) is 1. The zero-order chi connectivity index (χ0) is 15.4. The molecule has 3 rings (SSSR count). The van der Waals surface area contributed by atoms with Gasteiger partial charge in [-0.3, -0.25) is 0 Å². The van der Waals surface area contributed by atoms with Crippen molar-refractivity contribution < 1.29 is 4.74 Å². The zero-order valence-corrected chi connectivity index (χ0v) is 12.6. The van der Waals surface area contributed by atoms with Gasteiger partial charge in [-0.2, -0.15) is 0 Å². The fourth-order valence-corrected chi connectivity index (χ4v) is 2.32. The molecule has 0 bridgehead atoms.